The maximum absolute atomic E-state index is 12.4. The van der Waals surface area contributed by atoms with Crippen molar-refractivity contribution in [2.75, 3.05) is 10.0 Å². The average molecular weight is 381 g/mol. The van der Waals surface area contributed by atoms with Crippen LogP contribution < -0.4 is 10.0 Å². The fraction of sp³-hybridized carbons (Fsp3) is 0.294. The van der Waals surface area contributed by atoms with Gasteiger partial charge >= 0.3 is 0 Å². The first-order valence-electron chi connectivity index (χ1n) is 7.58. The highest BCUT2D eigenvalue weighted by atomic mass is 35.5. The lowest BCUT2D eigenvalue weighted by Crippen LogP contribution is -2.33. The number of aromatic nitrogens is 2. The van der Waals surface area contributed by atoms with Crippen LogP contribution in [0.25, 0.3) is 6.08 Å². The van der Waals surface area contributed by atoms with E-state index >= 15 is 0 Å². The number of nitrogens with one attached hydrogen (secondary N) is 2. The zero-order valence-corrected chi connectivity index (χ0v) is 16.2. The van der Waals surface area contributed by atoms with Gasteiger partial charge in [0.15, 0.2) is 11.6 Å². The van der Waals surface area contributed by atoms with Crippen molar-refractivity contribution in [3.63, 3.8) is 0 Å². The van der Waals surface area contributed by atoms with Gasteiger partial charge in [-0.15, -0.1) is 0 Å². The Bertz CT molecular complexity index is 905. The standard InChI is InChI=1S/C17H21ClN4O2S/c1-6-15-19-10-13(18)16(21-15)20-12-8-7-11(2)14(9-12)22-25(23,24)17(3,4)5/h6-10,22H,1H2,2-5H3,(H,19,20,21). The van der Waals surface area contributed by atoms with Gasteiger partial charge in [-0.2, -0.15) is 0 Å². The highest BCUT2D eigenvalue weighted by Gasteiger charge is 2.29. The second-order valence-corrected chi connectivity index (χ2v) is 9.34. The summed E-state index contributed by atoms with van der Waals surface area (Å²) < 4.78 is 26.5. The molecule has 2 rings (SSSR count). The van der Waals surface area contributed by atoms with Gasteiger partial charge in [0.05, 0.1) is 16.6 Å². The van der Waals surface area contributed by atoms with Crippen LogP contribution in [-0.4, -0.2) is 23.1 Å². The van der Waals surface area contributed by atoms with Crippen LogP contribution in [0.1, 0.15) is 32.2 Å². The third-order valence-corrected chi connectivity index (χ3v) is 5.87. The lowest BCUT2D eigenvalue weighted by atomic mass is 10.2. The molecule has 0 amide bonds. The Kier molecular flexibility index (Phi) is 5.39. The molecular formula is C17H21ClN4O2S. The summed E-state index contributed by atoms with van der Waals surface area (Å²) in [5, 5.41) is 3.42. The van der Waals surface area contributed by atoms with E-state index in [0.717, 1.165) is 5.56 Å². The van der Waals surface area contributed by atoms with E-state index in [2.05, 4.69) is 26.6 Å². The fourth-order valence-corrected chi connectivity index (χ4v) is 2.76. The minimum atomic E-state index is -3.52. The molecule has 1 heterocycles. The van der Waals surface area contributed by atoms with Crippen LogP contribution in [0.3, 0.4) is 0 Å². The Morgan fingerprint density at radius 3 is 2.56 bits per heavy atom. The zero-order valence-electron chi connectivity index (χ0n) is 14.6. The van der Waals surface area contributed by atoms with Crippen molar-refractivity contribution in [2.45, 2.75) is 32.4 Å². The number of sulfonamides is 1. The van der Waals surface area contributed by atoms with Crippen LogP contribution in [0, 0.1) is 6.92 Å². The van der Waals surface area contributed by atoms with Gasteiger partial charge in [0.25, 0.3) is 0 Å². The van der Waals surface area contributed by atoms with E-state index in [1.54, 1.807) is 26.8 Å². The largest absolute Gasteiger partial charge is 0.339 e. The quantitative estimate of drug-likeness (QED) is 0.804. The molecule has 0 aliphatic carbocycles. The Morgan fingerprint density at radius 2 is 1.96 bits per heavy atom. The van der Waals surface area contributed by atoms with Crippen LogP contribution in [0.5, 0.6) is 0 Å². The lowest BCUT2D eigenvalue weighted by molar-refractivity contribution is 0.566. The first-order valence-corrected chi connectivity index (χ1v) is 9.44. The molecule has 0 saturated heterocycles. The van der Waals surface area contributed by atoms with E-state index in [0.29, 0.717) is 28.0 Å². The van der Waals surface area contributed by atoms with Gasteiger partial charge in [0.2, 0.25) is 10.0 Å². The van der Waals surface area contributed by atoms with Crippen LogP contribution in [-0.2, 0) is 10.0 Å². The van der Waals surface area contributed by atoms with E-state index in [1.165, 1.54) is 12.3 Å². The third-order valence-electron chi connectivity index (χ3n) is 3.50. The van der Waals surface area contributed by atoms with Crippen molar-refractivity contribution in [3.05, 3.63) is 47.4 Å². The summed E-state index contributed by atoms with van der Waals surface area (Å²) in [5.74, 6) is 0.854. The Balaban J connectivity index is 2.35. The molecule has 0 spiro atoms. The first-order chi connectivity index (χ1) is 11.5. The molecule has 8 heteroatoms. The Labute approximate surface area is 153 Å². The molecule has 0 radical (unpaired) electrons. The minimum absolute atomic E-state index is 0.350. The second-order valence-electron chi connectivity index (χ2n) is 6.50. The van der Waals surface area contributed by atoms with E-state index in [1.807, 2.05) is 19.1 Å². The molecule has 2 N–H and O–H groups in total. The molecule has 1 aromatic carbocycles. The predicted octanol–water partition coefficient (Wildman–Crippen LogP) is 4.37. The van der Waals surface area contributed by atoms with E-state index in [4.69, 9.17) is 11.6 Å². The normalized spacial score (nSPS) is 11.9. The predicted molar refractivity (Wildman–Crippen MR) is 104 cm³/mol. The molecule has 0 bridgehead atoms. The van der Waals surface area contributed by atoms with Gasteiger partial charge in [-0.05, 0) is 51.5 Å². The number of hydrogen-bond donors (Lipinski definition) is 2. The van der Waals surface area contributed by atoms with Crippen molar-refractivity contribution in [1.82, 2.24) is 9.97 Å². The Hall–Kier alpha value is -2.12. The molecule has 0 atom stereocenters. The second kappa shape index (κ2) is 7.01. The molecule has 1 aromatic heterocycles. The molecule has 0 unspecified atom stereocenters. The SMILES string of the molecule is C=Cc1ncc(Cl)c(Nc2ccc(C)c(NS(=O)(=O)C(C)(C)C)c2)n1. The van der Waals surface area contributed by atoms with E-state index in [9.17, 15) is 8.42 Å². The highest BCUT2D eigenvalue weighted by Crippen LogP contribution is 2.28. The van der Waals surface area contributed by atoms with E-state index < -0.39 is 14.8 Å². The number of benzene rings is 1. The minimum Gasteiger partial charge on any atom is -0.339 e. The smallest absolute Gasteiger partial charge is 0.237 e. The number of rotatable bonds is 5. The topological polar surface area (TPSA) is 84.0 Å². The maximum atomic E-state index is 12.4. The van der Waals surface area contributed by atoms with E-state index in [-0.39, 0.29) is 0 Å². The maximum Gasteiger partial charge on any atom is 0.237 e. The molecule has 0 fully saturated rings. The summed E-state index contributed by atoms with van der Waals surface area (Å²) in [6, 6.07) is 5.33. The average Bonchev–Trinajstić information content (AvgIpc) is 2.51. The molecule has 2 aromatic rings. The molecule has 25 heavy (non-hydrogen) atoms. The molecule has 6 nitrogen and oxygen atoms in total. The summed E-state index contributed by atoms with van der Waals surface area (Å²) in [6.45, 7) is 10.4. The Morgan fingerprint density at radius 1 is 1.28 bits per heavy atom. The van der Waals surface area contributed by atoms with Gasteiger partial charge in [0.1, 0.15) is 5.02 Å². The summed E-state index contributed by atoms with van der Waals surface area (Å²) in [4.78, 5) is 8.25. The number of nitrogens with zero attached hydrogens (tertiary/aromatic N) is 2. The fourth-order valence-electron chi connectivity index (χ4n) is 1.81. The monoisotopic (exact) mass is 380 g/mol. The highest BCUT2D eigenvalue weighted by molar-refractivity contribution is 7.94. The zero-order chi connectivity index (χ0) is 18.8. The summed E-state index contributed by atoms with van der Waals surface area (Å²) in [5.41, 5.74) is 1.95. The summed E-state index contributed by atoms with van der Waals surface area (Å²) in [7, 11) is -3.52. The van der Waals surface area contributed by atoms with Crippen molar-refractivity contribution in [1.29, 1.82) is 0 Å². The summed E-state index contributed by atoms with van der Waals surface area (Å²) in [6.07, 6.45) is 2.99. The van der Waals surface area contributed by atoms with Crippen molar-refractivity contribution >= 4 is 44.9 Å². The van der Waals surface area contributed by atoms with Gasteiger partial charge in [-0.3, -0.25) is 4.72 Å². The lowest BCUT2D eigenvalue weighted by Gasteiger charge is -2.21. The molecular weight excluding hydrogens is 360 g/mol. The van der Waals surface area contributed by atoms with Gasteiger partial charge in [0, 0.05) is 5.69 Å². The van der Waals surface area contributed by atoms with Crippen molar-refractivity contribution < 1.29 is 8.42 Å². The third kappa shape index (κ3) is 4.49. The number of anilines is 3. The van der Waals surface area contributed by atoms with Crippen molar-refractivity contribution in [3.8, 4) is 0 Å². The van der Waals surface area contributed by atoms with Crippen LogP contribution in [0.2, 0.25) is 5.02 Å². The summed E-state index contributed by atoms with van der Waals surface area (Å²) >= 11 is 6.11. The van der Waals surface area contributed by atoms with Crippen molar-refractivity contribution in [2.24, 2.45) is 0 Å². The molecule has 0 aliphatic rings. The van der Waals surface area contributed by atoms with Crippen LogP contribution >= 0.6 is 11.6 Å². The first kappa shape index (κ1) is 19.2. The molecule has 0 aliphatic heterocycles. The number of hydrogen-bond acceptors (Lipinski definition) is 5. The van der Waals surface area contributed by atoms with Gasteiger partial charge in [-0.1, -0.05) is 24.2 Å². The van der Waals surface area contributed by atoms with Crippen LogP contribution in [0.15, 0.2) is 31.0 Å². The van der Waals surface area contributed by atoms with Gasteiger partial charge in [-0.25, -0.2) is 18.4 Å². The molecule has 0 saturated carbocycles. The number of halogens is 1. The van der Waals surface area contributed by atoms with Gasteiger partial charge < -0.3 is 5.32 Å². The van der Waals surface area contributed by atoms with Crippen LogP contribution in [0.4, 0.5) is 17.2 Å². The number of aryl methyl sites for hydroxylation is 1. The molecule has 134 valence electrons.